The van der Waals surface area contributed by atoms with Crippen molar-refractivity contribution in [3.63, 3.8) is 0 Å². The molecule has 212 valence electrons. The van der Waals surface area contributed by atoms with Gasteiger partial charge in [0.15, 0.2) is 0 Å². The summed E-state index contributed by atoms with van der Waals surface area (Å²) in [5.74, 6) is 1.33. The molecule has 2 aliphatic rings. The van der Waals surface area contributed by atoms with Crippen molar-refractivity contribution in [3.8, 4) is 22.6 Å². The number of hydrogen-bond acceptors (Lipinski definition) is 8. The average Bonchev–Trinajstić information content (AvgIpc) is 3.40. The Morgan fingerprint density at radius 2 is 1.85 bits per heavy atom. The van der Waals surface area contributed by atoms with Gasteiger partial charge >= 0.3 is 0 Å². The van der Waals surface area contributed by atoms with E-state index in [9.17, 15) is 4.79 Å². The Balaban J connectivity index is 1.32. The maximum Gasteiger partial charge on any atom is 0.253 e. The molecule has 1 aliphatic carbocycles. The highest BCUT2D eigenvalue weighted by molar-refractivity contribution is 6.00. The summed E-state index contributed by atoms with van der Waals surface area (Å²) in [5, 5.41) is 13.0. The first-order valence-electron chi connectivity index (χ1n) is 13.9. The molecule has 41 heavy (non-hydrogen) atoms. The van der Waals surface area contributed by atoms with Crippen molar-refractivity contribution in [1.29, 1.82) is 0 Å². The molecule has 1 fully saturated rings. The average molecular weight is 553 g/mol. The molecular formula is C32H36N6O3. The van der Waals surface area contributed by atoms with Gasteiger partial charge in [-0.15, -0.1) is 10.2 Å². The van der Waals surface area contributed by atoms with E-state index in [1.807, 2.05) is 73.4 Å². The van der Waals surface area contributed by atoms with E-state index in [-0.39, 0.29) is 5.91 Å². The number of nitrogens with zero attached hydrogens (tertiary/aromatic N) is 6. The van der Waals surface area contributed by atoms with Crippen molar-refractivity contribution < 1.29 is 14.1 Å². The standard InChI is InChI=1S/C32H36N6O3/c1-22-19-28(34-35-30(22)29-20-23(2)41-36-29)26-11-7-8-12-27(26)31(33-3)40-21-24-9-5-6-10-25(14-13-24)32(39)38-17-15-37(4)16-18-38/h6-8,10-14,19-20H,5,9,15-18,21H2,1-4H3/b10-6-,24-13+,25-14+,33-31+. The fourth-order valence-electron chi connectivity index (χ4n) is 4.95. The number of carbonyl (C=O) groups is 1. The minimum atomic E-state index is 0.0820. The molecule has 9 heteroatoms. The summed E-state index contributed by atoms with van der Waals surface area (Å²) in [6.07, 6.45) is 9.64. The van der Waals surface area contributed by atoms with Crippen molar-refractivity contribution in [1.82, 2.24) is 25.2 Å². The second kappa shape index (κ2) is 12.9. The van der Waals surface area contributed by atoms with Gasteiger partial charge in [-0.2, -0.15) is 0 Å². The Morgan fingerprint density at radius 3 is 2.59 bits per heavy atom. The number of carbonyl (C=O) groups excluding carboxylic acids is 1. The van der Waals surface area contributed by atoms with Crippen LogP contribution in [0.15, 0.2) is 81.4 Å². The number of aliphatic imine (C=N–C) groups is 1. The van der Waals surface area contributed by atoms with Crippen LogP contribution in [0.3, 0.4) is 0 Å². The van der Waals surface area contributed by atoms with Crippen LogP contribution in [0.4, 0.5) is 0 Å². The number of aromatic nitrogens is 3. The van der Waals surface area contributed by atoms with Crippen LogP contribution >= 0.6 is 0 Å². The summed E-state index contributed by atoms with van der Waals surface area (Å²) >= 11 is 0. The third-order valence-corrected chi connectivity index (χ3v) is 7.35. The van der Waals surface area contributed by atoms with Crippen LogP contribution in [0.5, 0.6) is 0 Å². The molecule has 0 radical (unpaired) electrons. The van der Waals surface area contributed by atoms with Crippen LogP contribution in [0, 0.1) is 13.8 Å². The quantitative estimate of drug-likeness (QED) is 0.321. The molecule has 0 unspecified atom stereocenters. The van der Waals surface area contributed by atoms with Crippen molar-refractivity contribution in [2.45, 2.75) is 26.7 Å². The van der Waals surface area contributed by atoms with Gasteiger partial charge in [-0.05, 0) is 63.1 Å². The van der Waals surface area contributed by atoms with Gasteiger partial charge in [-0.3, -0.25) is 9.79 Å². The smallest absolute Gasteiger partial charge is 0.253 e. The van der Waals surface area contributed by atoms with Crippen molar-refractivity contribution in [3.05, 3.63) is 88.7 Å². The zero-order valence-electron chi connectivity index (χ0n) is 24.1. The molecule has 9 nitrogen and oxygen atoms in total. The number of amides is 1. The lowest BCUT2D eigenvalue weighted by Crippen LogP contribution is -2.47. The Hall–Kier alpha value is -4.37. The summed E-state index contributed by atoms with van der Waals surface area (Å²) < 4.78 is 11.5. The lowest BCUT2D eigenvalue weighted by Gasteiger charge is -2.32. The van der Waals surface area contributed by atoms with Crippen LogP contribution in [0.1, 0.15) is 29.7 Å². The Labute approximate surface area is 240 Å². The van der Waals surface area contributed by atoms with E-state index in [0.29, 0.717) is 29.5 Å². The summed E-state index contributed by atoms with van der Waals surface area (Å²) in [5.41, 5.74) is 6.53. The molecule has 0 atom stereocenters. The summed E-state index contributed by atoms with van der Waals surface area (Å²) in [7, 11) is 3.81. The number of hydrogen-bond donors (Lipinski definition) is 0. The molecule has 1 amide bonds. The molecule has 1 saturated heterocycles. The fourth-order valence-corrected chi connectivity index (χ4v) is 4.95. The van der Waals surface area contributed by atoms with Gasteiger partial charge in [-0.25, -0.2) is 0 Å². The van der Waals surface area contributed by atoms with E-state index >= 15 is 0 Å². The van der Waals surface area contributed by atoms with E-state index in [4.69, 9.17) is 9.26 Å². The van der Waals surface area contributed by atoms with Gasteiger partial charge in [0.1, 0.15) is 23.8 Å². The molecule has 5 rings (SSSR count). The summed E-state index contributed by atoms with van der Waals surface area (Å²) in [4.78, 5) is 21.8. The van der Waals surface area contributed by atoms with E-state index < -0.39 is 0 Å². The van der Waals surface area contributed by atoms with E-state index in [2.05, 4.69) is 38.4 Å². The predicted molar refractivity (Wildman–Crippen MR) is 159 cm³/mol. The SMILES string of the molecule is C/N=C(/OC/C1=C/C=C(C(=O)N2CCN(C)CC2)\C=C/CC1)c1ccccc1-c1cc(C)c(-c2cc(C)on2)nn1. The van der Waals surface area contributed by atoms with Crippen LogP contribution in [0.25, 0.3) is 22.6 Å². The van der Waals surface area contributed by atoms with Gasteiger partial charge in [-0.1, -0.05) is 41.6 Å². The number of allylic oxidation sites excluding steroid dienone is 3. The van der Waals surface area contributed by atoms with Gasteiger partial charge in [0.25, 0.3) is 5.91 Å². The van der Waals surface area contributed by atoms with Crippen LogP contribution in [-0.4, -0.2) is 83.8 Å². The van der Waals surface area contributed by atoms with Crippen molar-refractivity contribution >= 4 is 11.8 Å². The first-order chi connectivity index (χ1) is 19.9. The minimum absolute atomic E-state index is 0.0820. The van der Waals surface area contributed by atoms with Crippen LogP contribution in [-0.2, 0) is 9.53 Å². The van der Waals surface area contributed by atoms with Crippen LogP contribution in [0.2, 0.25) is 0 Å². The van der Waals surface area contributed by atoms with E-state index in [1.165, 1.54) is 0 Å². The lowest BCUT2D eigenvalue weighted by atomic mass is 10.0. The Kier molecular flexibility index (Phi) is 8.84. The highest BCUT2D eigenvalue weighted by Crippen LogP contribution is 2.27. The molecular weight excluding hydrogens is 516 g/mol. The van der Waals surface area contributed by atoms with Crippen LogP contribution < -0.4 is 0 Å². The molecule has 3 aromatic rings. The molecule has 0 spiro atoms. The monoisotopic (exact) mass is 552 g/mol. The highest BCUT2D eigenvalue weighted by Gasteiger charge is 2.21. The van der Waals surface area contributed by atoms with Gasteiger partial charge in [0, 0.05) is 56.0 Å². The fraction of sp³-hybridized carbons (Fsp3) is 0.344. The second-order valence-electron chi connectivity index (χ2n) is 10.4. The number of rotatable bonds is 6. The number of ether oxygens (including phenoxy) is 1. The number of aryl methyl sites for hydroxylation is 2. The number of likely N-dealkylation sites (N-methyl/N-ethyl adjacent to an activating group) is 1. The predicted octanol–water partition coefficient (Wildman–Crippen LogP) is 4.79. The first kappa shape index (κ1) is 28.2. The molecule has 0 saturated carbocycles. The minimum Gasteiger partial charge on any atom is -0.473 e. The summed E-state index contributed by atoms with van der Waals surface area (Å²) in [6.45, 7) is 7.50. The topological polar surface area (TPSA) is 97.0 Å². The Bertz CT molecular complexity index is 1530. The zero-order chi connectivity index (χ0) is 28.8. The van der Waals surface area contributed by atoms with Gasteiger partial charge in [0.05, 0.1) is 5.69 Å². The lowest BCUT2D eigenvalue weighted by molar-refractivity contribution is -0.128. The number of benzene rings is 1. The molecule has 1 aromatic carbocycles. The zero-order valence-corrected chi connectivity index (χ0v) is 24.1. The molecule has 3 heterocycles. The van der Waals surface area contributed by atoms with Crippen molar-refractivity contribution in [2.75, 3.05) is 46.9 Å². The maximum atomic E-state index is 13.1. The third kappa shape index (κ3) is 6.69. The second-order valence-corrected chi connectivity index (χ2v) is 10.4. The Morgan fingerprint density at radius 1 is 1.05 bits per heavy atom. The van der Waals surface area contributed by atoms with Gasteiger partial charge < -0.3 is 19.1 Å². The molecule has 1 aliphatic heterocycles. The molecule has 0 bridgehead atoms. The largest absolute Gasteiger partial charge is 0.473 e. The normalized spacial score (nSPS) is 19.9. The third-order valence-electron chi connectivity index (χ3n) is 7.35. The first-order valence-corrected chi connectivity index (χ1v) is 13.9. The van der Waals surface area contributed by atoms with Gasteiger partial charge in [0.2, 0.25) is 5.90 Å². The number of piperazine rings is 1. The maximum absolute atomic E-state index is 13.1. The van der Waals surface area contributed by atoms with Crippen molar-refractivity contribution in [2.24, 2.45) is 4.99 Å². The molecule has 2 aromatic heterocycles. The van der Waals surface area contributed by atoms with E-state index in [1.54, 1.807) is 7.05 Å². The summed E-state index contributed by atoms with van der Waals surface area (Å²) in [6, 6.07) is 11.7. The molecule has 0 N–H and O–H groups in total. The van der Waals surface area contributed by atoms with E-state index in [0.717, 1.165) is 72.7 Å². The highest BCUT2D eigenvalue weighted by atomic mass is 16.5.